The van der Waals surface area contributed by atoms with Crippen LogP contribution in [-0.2, 0) is 4.74 Å². The maximum atomic E-state index is 5.38. The lowest BCUT2D eigenvalue weighted by atomic mass is 10.1. The molecule has 1 fully saturated rings. The van der Waals surface area contributed by atoms with Crippen molar-refractivity contribution in [3.05, 3.63) is 22.2 Å². The van der Waals surface area contributed by atoms with Crippen LogP contribution in [0.1, 0.15) is 18.9 Å². The minimum Gasteiger partial charge on any atom is -0.478 e. The molecule has 3 heterocycles. The van der Waals surface area contributed by atoms with Crippen molar-refractivity contribution in [3.8, 4) is 5.88 Å². The summed E-state index contributed by atoms with van der Waals surface area (Å²) in [5.41, 5.74) is 0.769. The van der Waals surface area contributed by atoms with Crippen LogP contribution in [0.15, 0.2) is 18.6 Å². The van der Waals surface area contributed by atoms with Gasteiger partial charge >= 0.3 is 0 Å². The molecular weight excluding hydrogens is 385 g/mol. The molecule has 1 aliphatic rings. The van der Waals surface area contributed by atoms with E-state index in [4.69, 9.17) is 9.47 Å². The summed E-state index contributed by atoms with van der Waals surface area (Å²) in [4.78, 5) is 8.46. The van der Waals surface area contributed by atoms with E-state index in [1.54, 1.807) is 19.5 Å². The van der Waals surface area contributed by atoms with Crippen molar-refractivity contribution in [1.29, 1.82) is 0 Å². The van der Waals surface area contributed by atoms with Gasteiger partial charge in [-0.1, -0.05) is 0 Å². The fraction of sp³-hybridized carbons (Fsp3) is 0.462. The van der Waals surface area contributed by atoms with E-state index < -0.39 is 0 Å². The highest BCUT2D eigenvalue weighted by Gasteiger charge is 2.19. The average Bonchev–Trinajstić information content (AvgIpc) is 2.93. The summed E-state index contributed by atoms with van der Waals surface area (Å²) in [7, 11) is 1.61. The Balaban J connectivity index is 1.80. The summed E-state index contributed by atoms with van der Waals surface area (Å²) in [5.74, 6) is 1.07. The molecule has 2 aromatic heterocycles. The van der Waals surface area contributed by atoms with Crippen LogP contribution < -0.4 is 10.1 Å². The van der Waals surface area contributed by atoms with Gasteiger partial charge in [-0.05, 0) is 35.4 Å². The third-order valence-corrected chi connectivity index (χ3v) is 3.88. The minimum absolute atomic E-state index is 0.348. The largest absolute Gasteiger partial charge is 0.478 e. The summed E-state index contributed by atoms with van der Waals surface area (Å²) in [6.45, 7) is 1.55. The second kappa shape index (κ2) is 6.56. The van der Waals surface area contributed by atoms with Crippen molar-refractivity contribution in [2.75, 3.05) is 25.6 Å². The third kappa shape index (κ3) is 3.43. The summed E-state index contributed by atoms with van der Waals surface area (Å²) in [6, 6.07) is 0.348. The molecule has 0 amide bonds. The second-order valence-corrected chi connectivity index (χ2v) is 5.97. The Hall–Kier alpha value is -1.42. The molecule has 1 aliphatic heterocycles. The van der Waals surface area contributed by atoms with Gasteiger partial charge in [0.05, 0.1) is 19.3 Å². The summed E-state index contributed by atoms with van der Waals surface area (Å²) >= 11 is 2.17. The van der Waals surface area contributed by atoms with Crippen LogP contribution in [-0.4, -0.2) is 40.1 Å². The maximum Gasteiger partial charge on any atom is 0.256 e. The number of nitrogens with one attached hydrogen (secondary N) is 1. The molecule has 1 N–H and O–H groups in total. The summed E-state index contributed by atoms with van der Waals surface area (Å²) < 4.78 is 13.6. The van der Waals surface area contributed by atoms with Crippen molar-refractivity contribution in [3.63, 3.8) is 0 Å². The van der Waals surface area contributed by atoms with Crippen molar-refractivity contribution in [2.45, 2.75) is 18.9 Å². The number of nitrogens with zero attached hydrogens (tertiary/aromatic N) is 4. The van der Waals surface area contributed by atoms with Gasteiger partial charge in [0.15, 0.2) is 0 Å². The number of hydrogen-bond acceptors (Lipinski definition) is 6. The number of halogens is 1. The zero-order valence-corrected chi connectivity index (χ0v) is 13.8. The van der Waals surface area contributed by atoms with E-state index in [9.17, 15) is 0 Å². The second-order valence-electron chi connectivity index (χ2n) is 4.73. The molecule has 0 atom stereocenters. The number of methoxy groups -OCH3 is 1. The standard InChI is InChI=1S/C13H16IN5O2/c1-20-12-11(17-13-15-6-9(14)7-16-13)8-19(18-12)10-2-4-21-5-3-10/h6-8,10H,2-5H2,1H3,(H,15,16,17). The SMILES string of the molecule is COc1nn(C2CCOCC2)cc1Nc1ncc(I)cn1. The van der Waals surface area contributed by atoms with Crippen LogP contribution in [0.2, 0.25) is 0 Å². The zero-order chi connectivity index (χ0) is 14.7. The molecule has 0 aliphatic carbocycles. The number of anilines is 2. The van der Waals surface area contributed by atoms with E-state index in [0.717, 1.165) is 35.3 Å². The van der Waals surface area contributed by atoms with Gasteiger partial charge in [0.1, 0.15) is 5.69 Å². The first-order chi connectivity index (χ1) is 10.3. The number of hydrogen-bond donors (Lipinski definition) is 1. The minimum atomic E-state index is 0.348. The highest BCUT2D eigenvalue weighted by molar-refractivity contribution is 14.1. The van der Waals surface area contributed by atoms with E-state index in [1.165, 1.54) is 0 Å². The highest BCUT2D eigenvalue weighted by atomic mass is 127. The van der Waals surface area contributed by atoms with Crippen LogP contribution in [0.3, 0.4) is 0 Å². The first-order valence-corrected chi connectivity index (χ1v) is 7.79. The molecule has 7 nitrogen and oxygen atoms in total. The maximum absolute atomic E-state index is 5.38. The molecule has 0 unspecified atom stereocenters. The molecule has 0 bridgehead atoms. The van der Waals surface area contributed by atoms with E-state index >= 15 is 0 Å². The lowest BCUT2D eigenvalue weighted by Crippen LogP contribution is -2.19. The van der Waals surface area contributed by atoms with E-state index in [2.05, 4.69) is 43.0 Å². The van der Waals surface area contributed by atoms with Crippen LogP contribution in [0.25, 0.3) is 0 Å². The van der Waals surface area contributed by atoms with Gasteiger partial charge in [-0.3, -0.25) is 4.68 Å². The number of rotatable bonds is 4. The lowest BCUT2D eigenvalue weighted by Gasteiger charge is -2.21. The Morgan fingerprint density at radius 1 is 1.33 bits per heavy atom. The van der Waals surface area contributed by atoms with Crippen LogP contribution in [0.5, 0.6) is 5.88 Å². The van der Waals surface area contributed by atoms with Gasteiger partial charge in [-0.2, -0.15) is 0 Å². The zero-order valence-electron chi connectivity index (χ0n) is 11.6. The van der Waals surface area contributed by atoms with Gasteiger partial charge in [-0.15, -0.1) is 5.10 Å². The van der Waals surface area contributed by atoms with Crippen LogP contribution >= 0.6 is 22.6 Å². The Kier molecular flexibility index (Phi) is 4.54. The Morgan fingerprint density at radius 3 is 2.71 bits per heavy atom. The number of ether oxygens (including phenoxy) is 2. The topological polar surface area (TPSA) is 74.1 Å². The Morgan fingerprint density at radius 2 is 2.05 bits per heavy atom. The average molecular weight is 401 g/mol. The normalized spacial score (nSPS) is 15.9. The fourth-order valence-electron chi connectivity index (χ4n) is 2.25. The predicted molar refractivity (Wildman–Crippen MR) is 85.9 cm³/mol. The van der Waals surface area contributed by atoms with Gasteiger partial charge in [0, 0.05) is 29.2 Å². The lowest BCUT2D eigenvalue weighted by molar-refractivity contribution is 0.0659. The molecule has 2 aromatic rings. The molecule has 8 heteroatoms. The first-order valence-electron chi connectivity index (χ1n) is 6.71. The first kappa shape index (κ1) is 14.5. The summed E-state index contributed by atoms with van der Waals surface area (Å²) in [5, 5.41) is 7.63. The van der Waals surface area contributed by atoms with Crippen molar-refractivity contribution < 1.29 is 9.47 Å². The third-order valence-electron chi connectivity index (χ3n) is 3.32. The molecule has 112 valence electrons. The predicted octanol–water partition coefficient (Wildman–Crippen LogP) is 2.38. The molecule has 1 saturated heterocycles. The van der Waals surface area contributed by atoms with Gasteiger partial charge in [0.25, 0.3) is 5.88 Å². The molecule has 0 aromatic carbocycles. The molecule has 0 spiro atoms. The van der Waals surface area contributed by atoms with Crippen LogP contribution in [0, 0.1) is 3.57 Å². The molecule has 3 rings (SSSR count). The van der Waals surface area contributed by atoms with Crippen molar-refractivity contribution >= 4 is 34.2 Å². The molecular formula is C13H16IN5O2. The van der Waals surface area contributed by atoms with Gasteiger partial charge < -0.3 is 14.8 Å². The van der Waals surface area contributed by atoms with E-state index in [1.807, 2.05) is 10.9 Å². The Bertz CT molecular complexity index is 595. The number of aromatic nitrogens is 4. The smallest absolute Gasteiger partial charge is 0.256 e. The van der Waals surface area contributed by atoms with E-state index in [0.29, 0.717) is 17.9 Å². The molecule has 0 radical (unpaired) electrons. The summed E-state index contributed by atoms with van der Waals surface area (Å²) in [6.07, 6.45) is 7.38. The fourth-order valence-corrected chi connectivity index (χ4v) is 2.52. The van der Waals surface area contributed by atoms with Gasteiger partial charge in [-0.25, -0.2) is 9.97 Å². The van der Waals surface area contributed by atoms with Gasteiger partial charge in [0.2, 0.25) is 5.95 Å². The molecule has 21 heavy (non-hydrogen) atoms. The van der Waals surface area contributed by atoms with Crippen molar-refractivity contribution in [2.24, 2.45) is 0 Å². The van der Waals surface area contributed by atoms with Crippen LogP contribution in [0.4, 0.5) is 11.6 Å². The highest BCUT2D eigenvalue weighted by Crippen LogP contribution is 2.29. The van der Waals surface area contributed by atoms with Crippen molar-refractivity contribution in [1.82, 2.24) is 19.7 Å². The Labute approximate surface area is 136 Å². The quantitative estimate of drug-likeness (QED) is 0.794. The monoisotopic (exact) mass is 401 g/mol. The molecule has 0 saturated carbocycles. The van der Waals surface area contributed by atoms with E-state index in [-0.39, 0.29) is 0 Å².